The predicted molar refractivity (Wildman–Crippen MR) is 111 cm³/mol. The number of hydrogen-bond acceptors (Lipinski definition) is 4. The Balaban J connectivity index is 2.22. The summed E-state index contributed by atoms with van der Waals surface area (Å²) in [6.07, 6.45) is 1.62. The van der Waals surface area contributed by atoms with E-state index < -0.39 is 16.6 Å². The fourth-order valence-corrected chi connectivity index (χ4v) is 6.23. The average Bonchev–Trinajstić information content (AvgIpc) is 2.72. The molecule has 2 aliphatic rings. The molecule has 0 aromatic rings. The Kier molecular flexibility index (Phi) is 5.97. The smallest absolute Gasteiger partial charge is 0.306 e. The van der Waals surface area contributed by atoms with Crippen LogP contribution in [0.15, 0.2) is 0 Å². The lowest BCUT2D eigenvalue weighted by molar-refractivity contribution is -0.155. The number of hydrogen-bond donors (Lipinski definition) is 0. The first-order chi connectivity index (χ1) is 11.6. The summed E-state index contributed by atoms with van der Waals surface area (Å²) < 4.78 is 19.0. The van der Waals surface area contributed by atoms with Crippen LogP contribution in [0.5, 0.6) is 0 Å². The topological polar surface area (TPSA) is 44.8 Å². The van der Waals surface area contributed by atoms with Gasteiger partial charge in [-0.05, 0) is 42.7 Å². The minimum atomic E-state index is -1.89. The molecule has 0 unspecified atom stereocenters. The molecule has 1 heterocycles. The van der Waals surface area contributed by atoms with E-state index in [0.29, 0.717) is 13.0 Å². The van der Waals surface area contributed by atoms with Crippen LogP contribution < -0.4 is 0 Å². The summed E-state index contributed by atoms with van der Waals surface area (Å²) in [7, 11) is -3.76. The highest BCUT2D eigenvalue weighted by Crippen LogP contribution is 2.48. The van der Waals surface area contributed by atoms with Gasteiger partial charge in [0.1, 0.15) is 0 Å². The third kappa shape index (κ3) is 4.45. The SMILES string of the molecule is CC(C)(C)[Si](C)(C)O[C@H]1C[C@@H](O[Si](C)(C)C(C)(C)C)[C@@H]2CC(=O)OC[C@@H]21. The second kappa shape index (κ2) is 7.01. The first-order valence-corrected chi connectivity index (χ1v) is 15.9. The molecule has 0 amide bonds. The highest BCUT2D eigenvalue weighted by molar-refractivity contribution is 6.74. The zero-order valence-electron chi connectivity index (χ0n) is 18.6. The average molecular weight is 401 g/mol. The lowest BCUT2D eigenvalue weighted by Crippen LogP contribution is -2.47. The predicted octanol–water partition coefficient (Wildman–Crippen LogP) is 5.35. The second-order valence-corrected chi connectivity index (χ2v) is 20.8. The highest BCUT2D eigenvalue weighted by Gasteiger charge is 2.53. The van der Waals surface area contributed by atoms with Gasteiger partial charge in [0.15, 0.2) is 16.6 Å². The summed E-state index contributed by atoms with van der Waals surface area (Å²) in [5.41, 5.74) is 0. The first kappa shape index (κ1) is 22.1. The van der Waals surface area contributed by atoms with Crippen molar-refractivity contribution in [2.75, 3.05) is 6.61 Å². The van der Waals surface area contributed by atoms with Crippen LogP contribution in [0.2, 0.25) is 36.3 Å². The van der Waals surface area contributed by atoms with E-state index in [1.807, 2.05) is 0 Å². The number of cyclic esters (lactones) is 1. The van der Waals surface area contributed by atoms with Crippen molar-refractivity contribution in [2.24, 2.45) is 11.8 Å². The molecule has 1 saturated carbocycles. The van der Waals surface area contributed by atoms with Gasteiger partial charge in [0, 0.05) is 11.8 Å². The molecule has 0 bridgehead atoms. The highest BCUT2D eigenvalue weighted by atomic mass is 28.4. The van der Waals surface area contributed by atoms with Gasteiger partial charge in [-0.2, -0.15) is 0 Å². The largest absolute Gasteiger partial charge is 0.465 e. The normalized spacial score (nSPS) is 30.9. The first-order valence-electron chi connectivity index (χ1n) is 10.1. The third-order valence-electron chi connectivity index (χ3n) is 7.31. The molecule has 2 rings (SSSR count). The second-order valence-electron chi connectivity index (χ2n) is 11.3. The van der Waals surface area contributed by atoms with Crippen LogP contribution >= 0.6 is 0 Å². The maximum Gasteiger partial charge on any atom is 0.306 e. The summed E-state index contributed by atoms with van der Waals surface area (Å²) in [5, 5.41) is 0.336. The molecule has 0 N–H and O–H groups in total. The molecular formula is C20H40O4Si2. The van der Waals surface area contributed by atoms with Crippen LogP contribution in [0, 0.1) is 11.8 Å². The van der Waals surface area contributed by atoms with Crippen LogP contribution in [-0.4, -0.2) is 41.4 Å². The summed E-state index contributed by atoms with van der Waals surface area (Å²) in [4.78, 5) is 12.0. The molecule has 1 aliphatic heterocycles. The molecule has 4 atom stereocenters. The number of carbonyl (C=O) groups excluding carboxylic acids is 1. The summed E-state index contributed by atoms with van der Waals surface area (Å²) in [6, 6.07) is 0. The van der Waals surface area contributed by atoms with Gasteiger partial charge in [-0.25, -0.2) is 0 Å². The minimum Gasteiger partial charge on any atom is -0.465 e. The van der Waals surface area contributed by atoms with Gasteiger partial charge in [-0.1, -0.05) is 41.5 Å². The molecule has 0 spiro atoms. The zero-order chi connectivity index (χ0) is 20.1. The van der Waals surface area contributed by atoms with Crippen molar-refractivity contribution < 1.29 is 18.4 Å². The Bertz CT molecular complexity index is 531. The Morgan fingerprint density at radius 1 is 0.846 bits per heavy atom. The van der Waals surface area contributed by atoms with E-state index in [1.54, 1.807) is 0 Å². The minimum absolute atomic E-state index is 0.0805. The molecule has 0 aromatic heterocycles. The Labute approximate surface area is 162 Å². The van der Waals surface area contributed by atoms with Gasteiger partial charge in [-0.3, -0.25) is 4.79 Å². The van der Waals surface area contributed by atoms with E-state index >= 15 is 0 Å². The van der Waals surface area contributed by atoms with Crippen LogP contribution in [0.25, 0.3) is 0 Å². The van der Waals surface area contributed by atoms with E-state index in [1.165, 1.54) is 0 Å². The number of esters is 1. The van der Waals surface area contributed by atoms with E-state index in [4.69, 9.17) is 13.6 Å². The number of ether oxygens (including phenoxy) is 1. The molecule has 0 aromatic carbocycles. The van der Waals surface area contributed by atoms with Crippen molar-refractivity contribution in [3.05, 3.63) is 0 Å². The van der Waals surface area contributed by atoms with Crippen molar-refractivity contribution >= 4 is 22.6 Å². The molecule has 26 heavy (non-hydrogen) atoms. The monoisotopic (exact) mass is 400 g/mol. The van der Waals surface area contributed by atoms with Crippen LogP contribution in [0.3, 0.4) is 0 Å². The molecule has 0 radical (unpaired) electrons. The van der Waals surface area contributed by atoms with Crippen molar-refractivity contribution in [1.29, 1.82) is 0 Å². The van der Waals surface area contributed by atoms with Crippen LogP contribution in [-0.2, 0) is 18.4 Å². The van der Waals surface area contributed by atoms with E-state index in [2.05, 4.69) is 67.7 Å². The fraction of sp³-hybridized carbons (Fsp3) is 0.950. The van der Waals surface area contributed by atoms with Gasteiger partial charge in [0.25, 0.3) is 0 Å². The molecule has 1 saturated heterocycles. The Hall–Kier alpha value is -0.176. The summed E-state index contributed by atoms with van der Waals surface area (Å²) in [5.74, 6) is 0.430. The molecule has 2 fully saturated rings. The lowest BCUT2D eigenvalue weighted by atomic mass is 9.89. The molecule has 6 heteroatoms. The third-order valence-corrected chi connectivity index (χ3v) is 16.3. The lowest BCUT2D eigenvalue weighted by Gasteiger charge is -2.41. The summed E-state index contributed by atoms with van der Waals surface area (Å²) >= 11 is 0. The molecule has 4 nitrogen and oxygen atoms in total. The van der Waals surface area contributed by atoms with Crippen molar-refractivity contribution in [3.63, 3.8) is 0 Å². The number of rotatable bonds is 4. The zero-order valence-corrected chi connectivity index (χ0v) is 20.6. The van der Waals surface area contributed by atoms with Crippen molar-refractivity contribution in [2.45, 2.75) is 103 Å². The van der Waals surface area contributed by atoms with Crippen LogP contribution in [0.1, 0.15) is 54.4 Å². The van der Waals surface area contributed by atoms with Crippen molar-refractivity contribution in [1.82, 2.24) is 0 Å². The van der Waals surface area contributed by atoms with E-state index in [0.717, 1.165) is 6.42 Å². The van der Waals surface area contributed by atoms with Gasteiger partial charge in [-0.15, -0.1) is 0 Å². The van der Waals surface area contributed by atoms with Crippen LogP contribution in [0.4, 0.5) is 0 Å². The maximum absolute atomic E-state index is 12.0. The van der Waals surface area contributed by atoms with E-state index in [-0.39, 0.29) is 40.1 Å². The fourth-order valence-electron chi connectivity index (χ4n) is 3.47. The van der Waals surface area contributed by atoms with E-state index in [9.17, 15) is 4.79 Å². The van der Waals surface area contributed by atoms with Gasteiger partial charge in [0.2, 0.25) is 0 Å². The molecule has 152 valence electrons. The maximum atomic E-state index is 12.0. The van der Waals surface area contributed by atoms with Gasteiger partial charge in [0.05, 0.1) is 25.2 Å². The number of carbonyl (C=O) groups is 1. The Morgan fingerprint density at radius 3 is 1.69 bits per heavy atom. The quantitative estimate of drug-likeness (QED) is 0.471. The Morgan fingerprint density at radius 2 is 1.27 bits per heavy atom. The standard InChI is InChI=1S/C20H40O4Si2/c1-19(2,3)25(7,8)23-16-12-17(24-26(9,10)20(4,5)6)15-13-22-18(21)11-14(15)16/h14-17H,11-13H2,1-10H3/t14-,15+,16-,17+/m1/s1. The van der Waals surface area contributed by atoms with Gasteiger partial charge >= 0.3 is 5.97 Å². The molecule has 1 aliphatic carbocycles. The summed E-state index contributed by atoms with van der Waals surface area (Å²) in [6.45, 7) is 23.3. The van der Waals surface area contributed by atoms with Crippen molar-refractivity contribution in [3.8, 4) is 0 Å². The number of fused-ring (bicyclic) bond motifs is 1. The molecular weight excluding hydrogens is 360 g/mol. The van der Waals surface area contributed by atoms with Gasteiger partial charge < -0.3 is 13.6 Å².